The van der Waals surface area contributed by atoms with Crippen molar-refractivity contribution in [1.82, 2.24) is 20.0 Å². The van der Waals surface area contributed by atoms with Gasteiger partial charge in [0.1, 0.15) is 0 Å². The standard InChI is InChI=1S/C13H19N5O/c1-3-5-17-6-8-18(9-7-17)13(19)12-11(14)10(4-2)15-16-12/h1H,4-9,14H2,2H3,(H,15,16). The number of amides is 1. The highest BCUT2D eigenvalue weighted by Gasteiger charge is 2.25. The van der Waals surface area contributed by atoms with Crippen LogP contribution in [0.4, 0.5) is 5.69 Å². The van der Waals surface area contributed by atoms with Crippen molar-refractivity contribution in [2.75, 3.05) is 38.5 Å². The van der Waals surface area contributed by atoms with E-state index in [0.29, 0.717) is 31.0 Å². The molecule has 0 bridgehead atoms. The molecule has 6 heteroatoms. The quantitative estimate of drug-likeness (QED) is 0.748. The van der Waals surface area contributed by atoms with Gasteiger partial charge in [0.05, 0.1) is 17.9 Å². The Morgan fingerprint density at radius 2 is 2.16 bits per heavy atom. The van der Waals surface area contributed by atoms with Gasteiger partial charge in [-0.05, 0) is 6.42 Å². The third-order valence-electron chi connectivity index (χ3n) is 3.41. The molecule has 19 heavy (non-hydrogen) atoms. The first-order valence-electron chi connectivity index (χ1n) is 6.45. The second-order valence-corrected chi connectivity index (χ2v) is 4.59. The van der Waals surface area contributed by atoms with Gasteiger partial charge in [0.25, 0.3) is 5.91 Å². The van der Waals surface area contributed by atoms with Gasteiger partial charge in [0.15, 0.2) is 5.69 Å². The number of hydrogen-bond donors (Lipinski definition) is 2. The summed E-state index contributed by atoms with van der Waals surface area (Å²) in [5.41, 5.74) is 7.54. The SMILES string of the molecule is C#CCN1CCN(C(=O)c2n[nH]c(CC)c2N)CC1. The van der Waals surface area contributed by atoms with E-state index in [1.807, 2.05) is 6.92 Å². The summed E-state index contributed by atoms with van der Waals surface area (Å²) in [7, 11) is 0. The van der Waals surface area contributed by atoms with Crippen LogP contribution in [0.3, 0.4) is 0 Å². The predicted octanol–water partition coefficient (Wildman–Crippen LogP) is -0.0547. The summed E-state index contributed by atoms with van der Waals surface area (Å²) in [6, 6.07) is 0. The predicted molar refractivity (Wildman–Crippen MR) is 73.6 cm³/mol. The molecule has 1 aliphatic rings. The Labute approximate surface area is 112 Å². The van der Waals surface area contributed by atoms with E-state index in [9.17, 15) is 4.79 Å². The molecule has 3 N–H and O–H groups in total. The lowest BCUT2D eigenvalue weighted by Gasteiger charge is -2.33. The van der Waals surface area contributed by atoms with Crippen molar-refractivity contribution in [3.05, 3.63) is 11.4 Å². The van der Waals surface area contributed by atoms with Crippen molar-refractivity contribution in [2.45, 2.75) is 13.3 Å². The first kappa shape index (κ1) is 13.4. The van der Waals surface area contributed by atoms with Gasteiger partial charge in [-0.2, -0.15) is 5.10 Å². The number of aromatic nitrogens is 2. The second-order valence-electron chi connectivity index (χ2n) is 4.59. The van der Waals surface area contributed by atoms with E-state index in [2.05, 4.69) is 21.0 Å². The van der Waals surface area contributed by atoms with E-state index >= 15 is 0 Å². The number of aromatic amines is 1. The van der Waals surface area contributed by atoms with Crippen LogP contribution in [-0.4, -0.2) is 58.6 Å². The Bertz CT molecular complexity index is 494. The number of nitrogens with two attached hydrogens (primary N) is 1. The van der Waals surface area contributed by atoms with Crippen LogP contribution >= 0.6 is 0 Å². The lowest BCUT2D eigenvalue weighted by atomic mass is 10.2. The lowest BCUT2D eigenvalue weighted by molar-refractivity contribution is 0.0647. The second kappa shape index (κ2) is 5.76. The maximum atomic E-state index is 12.3. The zero-order valence-electron chi connectivity index (χ0n) is 11.1. The summed E-state index contributed by atoms with van der Waals surface area (Å²) >= 11 is 0. The molecule has 102 valence electrons. The number of piperazine rings is 1. The average Bonchev–Trinajstić information content (AvgIpc) is 2.80. The molecule has 0 spiro atoms. The molecule has 0 aromatic carbocycles. The summed E-state index contributed by atoms with van der Waals surface area (Å²) < 4.78 is 0. The Hall–Kier alpha value is -2.00. The molecule has 1 saturated heterocycles. The average molecular weight is 261 g/mol. The molecule has 0 radical (unpaired) electrons. The lowest BCUT2D eigenvalue weighted by Crippen LogP contribution is -2.48. The minimum atomic E-state index is -0.103. The van der Waals surface area contributed by atoms with Gasteiger partial charge in [-0.25, -0.2) is 0 Å². The molecule has 0 saturated carbocycles. The maximum absolute atomic E-state index is 12.3. The Morgan fingerprint density at radius 1 is 1.47 bits per heavy atom. The van der Waals surface area contributed by atoms with Crippen LogP contribution < -0.4 is 5.73 Å². The number of terminal acetylenes is 1. The molecule has 0 unspecified atom stereocenters. The number of aryl methyl sites for hydroxylation is 1. The minimum absolute atomic E-state index is 0.103. The number of nitrogens with one attached hydrogen (secondary N) is 1. The van der Waals surface area contributed by atoms with Crippen molar-refractivity contribution >= 4 is 11.6 Å². The largest absolute Gasteiger partial charge is 0.395 e. The van der Waals surface area contributed by atoms with Gasteiger partial charge in [-0.3, -0.25) is 14.8 Å². The Balaban J connectivity index is 2.01. The highest BCUT2D eigenvalue weighted by molar-refractivity contribution is 5.97. The van der Waals surface area contributed by atoms with E-state index < -0.39 is 0 Å². The highest BCUT2D eigenvalue weighted by atomic mass is 16.2. The van der Waals surface area contributed by atoms with Gasteiger partial charge in [-0.15, -0.1) is 6.42 Å². The van der Waals surface area contributed by atoms with Crippen molar-refractivity contribution in [3.8, 4) is 12.3 Å². The van der Waals surface area contributed by atoms with Crippen LogP contribution in [0.15, 0.2) is 0 Å². The number of anilines is 1. The molecule has 1 aliphatic heterocycles. The minimum Gasteiger partial charge on any atom is -0.395 e. The fourth-order valence-corrected chi connectivity index (χ4v) is 2.21. The van der Waals surface area contributed by atoms with Crippen LogP contribution in [0.2, 0.25) is 0 Å². The summed E-state index contributed by atoms with van der Waals surface area (Å²) in [5, 5.41) is 6.84. The highest BCUT2D eigenvalue weighted by Crippen LogP contribution is 2.17. The zero-order chi connectivity index (χ0) is 13.8. The van der Waals surface area contributed by atoms with E-state index in [1.165, 1.54) is 0 Å². The van der Waals surface area contributed by atoms with E-state index in [1.54, 1.807) is 4.90 Å². The maximum Gasteiger partial charge on any atom is 0.276 e. The van der Waals surface area contributed by atoms with Crippen molar-refractivity contribution in [1.29, 1.82) is 0 Å². The molecule has 0 aliphatic carbocycles. The van der Waals surface area contributed by atoms with E-state index in [0.717, 1.165) is 25.2 Å². The van der Waals surface area contributed by atoms with Crippen LogP contribution in [0.1, 0.15) is 23.1 Å². The van der Waals surface area contributed by atoms with Crippen LogP contribution in [0.25, 0.3) is 0 Å². The van der Waals surface area contributed by atoms with Crippen molar-refractivity contribution in [2.24, 2.45) is 0 Å². The number of nitrogen functional groups attached to an aromatic ring is 1. The normalized spacial score (nSPS) is 16.3. The van der Waals surface area contributed by atoms with Crippen LogP contribution in [0, 0.1) is 12.3 Å². The van der Waals surface area contributed by atoms with Gasteiger partial charge in [0, 0.05) is 26.2 Å². The third-order valence-corrected chi connectivity index (χ3v) is 3.41. The van der Waals surface area contributed by atoms with Gasteiger partial charge < -0.3 is 10.6 Å². The first-order chi connectivity index (χ1) is 9.17. The summed E-state index contributed by atoms with van der Waals surface area (Å²) in [4.78, 5) is 16.2. The number of rotatable bonds is 3. The van der Waals surface area contributed by atoms with E-state index in [-0.39, 0.29) is 5.91 Å². The fraction of sp³-hybridized carbons (Fsp3) is 0.538. The Morgan fingerprint density at radius 3 is 2.68 bits per heavy atom. The number of nitrogens with zero attached hydrogens (tertiary/aromatic N) is 3. The number of carbonyl (C=O) groups is 1. The molecular formula is C13H19N5O. The molecule has 2 rings (SSSR count). The summed E-state index contributed by atoms with van der Waals surface area (Å²) in [6.45, 7) is 5.51. The molecule has 1 amide bonds. The number of hydrogen-bond acceptors (Lipinski definition) is 4. The van der Waals surface area contributed by atoms with E-state index in [4.69, 9.17) is 12.2 Å². The molecule has 2 heterocycles. The zero-order valence-corrected chi connectivity index (χ0v) is 11.1. The molecule has 1 aromatic heterocycles. The fourth-order valence-electron chi connectivity index (χ4n) is 2.21. The third kappa shape index (κ3) is 2.71. The smallest absolute Gasteiger partial charge is 0.276 e. The molecule has 6 nitrogen and oxygen atoms in total. The topological polar surface area (TPSA) is 78.2 Å². The van der Waals surface area contributed by atoms with Gasteiger partial charge in [0.2, 0.25) is 0 Å². The van der Waals surface area contributed by atoms with Crippen molar-refractivity contribution in [3.63, 3.8) is 0 Å². The van der Waals surface area contributed by atoms with Gasteiger partial charge in [-0.1, -0.05) is 12.8 Å². The number of H-pyrrole nitrogens is 1. The van der Waals surface area contributed by atoms with Crippen LogP contribution in [0.5, 0.6) is 0 Å². The molecule has 1 fully saturated rings. The molecule has 1 aromatic rings. The van der Waals surface area contributed by atoms with Crippen molar-refractivity contribution < 1.29 is 4.79 Å². The number of carbonyl (C=O) groups excluding carboxylic acids is 1. The van der Waals surface area contributed by atoms with Gasteiger partial charge >= 0.3 is 0 Å². The summed E-state index contributed by atoms with van der Waals surface area (Å²) in [5.74, 6) is 2.52. The monoisotopic (exact) mass is 261 g/mol. The Kier molecular flexibility index (Phi) is 4.07. The molecule has 0 atom stereocenters. The first-order valence-corrected chi connectivity index (χ1v) is 6.45. The van der Waals surface area contributed by atoms with Crippen LogP contribution in [-0.2, 0) is 6.42 Å². The molecular weight excluding hydrogens is 242 g/mol. The summed E-state index contributed by atoms with van der Waals surface area (Å²) in [6.07, 6.45) is 6.02.